The maximum Gasteiger partial charge on any atom is 0.0572 e. The average molecular weight is 227 g/mol. The predicted molar refractivity (Wildman–Crippen MR) is 62.1 cm³/mol. The van der Waals surface area contributed by atoms with E-state index in [1.165, 1.54) is 5.56 Å². The van der Waals surface area contributed by atoms with E-state index in [9.17, 15) is 4.21 Å². The first-order chi connectivity index (χ1) is 7.13. The summed E-state index contributed by atoms with van der Waals surface area (Å²) >= 11 is 0. The number of hydrogen-bond donors (Lipinski definition) is 1. The van der Waals surface area contributed by atoms with Crippen molar-refractivity contribution in [3.05, 3.63) is 29.8 Å². The molecule has 1 aromatic carbocycles. The van der Waals surface area contributed by atoms with E-state index in [0.29, 0.717) is 5.75 Å². The van der Waals surface area contributed by atoms with Gasteiger partial charge in [-0.1, -0.05) is 17.7 Å². The van der Waals surface area contributed by atoms with Gasteiger partial charge in [0.25, 0.3) is 0 Å². The van der Waals surface area contributed by atoms with Crippen LogP contribution in [-0.2, 0) is 15.6 Å². The third-order valence-electron chi connectivity index (χ3n) is 2.00. The van der Waals surface area contributed by atoms with E-state index in [2.05, 4.69) is 5.48 Å². The first-order valence-corrected chi connectivity index (χ1v) is 6.19. The van der Waals surface area contributed by atoms with E-state index in [1.807, 2.05) is 38.1 Å². The summed E-state index contributed by atoms with van der Waals surface area (Å²) in [5, 5.41) is 0. The third-order valence-corrected chi connectivity index (χ3v) is 3.60. The zero-order valence-corrected chi connectivity index (χ0v) is 10.1. The van der Waals surface area contributed by atoms with Crippen LogP contribution >= 0.6 is 0 Å². The lowest BCUT2D eigenvalue weighted by Gasteiger charge is -2.11. The predicted octanol–water partition coefficient (Wildman–Crippen LogP) is 1.64. The molecule has 1 aromatic rings. The highest BCUT2D eigenvalue weighted by Crippen LogP contribution is 2.09. The van der Waals surface area contributed by atoms with Crippen molar-refractivity contribution < 1.29 is 9.05 Å². The second-order valence-electron chi connectivity index (χ2n) is 3.55. The van der Waals surface area contributed by atoms with Gasteiger partial charge in [0.2, 0.25) is 0 Å². The molecule has 0 aromatic heterocycles. The molecule has 0 saturated heterocycles. The van der Waals surface area contributed by atoms with Crippen molar-refractivity contribution in [2.45, 2.75) is 24.8 Å². The lowest BCUT2D eigenvalue weighted by molar-refractivity contribution is 0.0721. The van der Waals surface area contributed by atoms with Crippen LogP contribution in [-0.4, -0.2) is 23.1 Å². The lowest BCUT2D eigenvalue weighted by atomic mass is 10.2. The average Bonchev–Trinajstić information content (AvgIpc) is 2.18. The Morgan fingerprint density at radius 1 is 1.40 bits per heavy atom. The summed E-state index contributed by atoms with van der Waals surface area (Å²) in [6, 6.07) is 7.84. The monoisotopic (exact) mass is 227 g/mol. The second kappa shape index (κ2) is 6.00. The van der Waals surface area contributed by atoms with Crippen molar-refractivity contribution in [1.29, 1.82) is 0 Å². The summed E-state index contributed by atoms with van der Waals surface area (Å²) in [4.78, 5) is 5.64. The van der Waals surface area contributed by atoms with Crippen molar-refractivity contribution >= 4 is 10.8 Å². The fourth-order valence-electron chi connectivity index (χ4n) is 1.25. The minimum atomic E-state index is -0.966. The molecule has 2 atom stereocenters. The van der Waals surface area contributed by atoms with Gasteiger partial charge >= 0.3 is 0 Å². The Morgan fingerprint density at radius 2 is 2.00 bits per heavy atom. The summed E-state index contributed by atoms with van der Waals surface area (Å²) in [7, 11) is 0.595. The maximum atomic E-state index is 11.9. The van der Waals surface area contributed by atoms with Gasteiger partial charge in [-0.3, -0.25) is 4.21 Å². The number of hydroxylamine groups is 1. The highest BCUT2D eigenvalue weighted by Gasteiger charge is 2.08. The molecule has 0 spiro atoms. The van der Waals surface area contributed by atoms with Crippen LogP contribution in [0.3, 0.4) is 0 Å². The molecular weight excluding hydrogens is 210 g/mol. The number of nitrogens with one attached hydrogen (secondary N) is 1. The Balaban J connectivity index is 2.57. The molecule has 4 heteroatoms. The van der Waals surface area contributed by atoms with Crippen LogP contribution < -0.4 is 5.48 Å². The Kier molecular flexibility index (Phi) is 4.94. The van der Waals surface area contributed by atoms with Crippen LogP contribution in [0.1, 0.15) is 12.5 Å². The molecule has 0 aliphatic heterocycles. The molecule has 0 radical (unpaired) electrons. The normalized spacial score (nSPS) is 14.9. The van der Waals surface area contributed by atoms with Crippen LogP contribution in [0.25, 0.3) is 0 Å². The van der Waals surface area contributed by atoms with Crippen LogP contribution in [0.2, 0.25) is 0 Å². The van der Waals surface area contributed by atoms with Gasteiger partial charge in [0.05, 0.1) is 17.9 Å². The minimum Gasteiger partial charge on any atom is -0.305 e. The van der Waals surface area contributed by atoms with E-state index < -0.39 is 10.8 Å². The molecule has 0 unspecified atom stereocenters. The molecule has 0 aliphatic rings. The van der Waals surface area contributed by atoms with Gasteiger partial charge in [0.15, 0.2) is 0 Å². The van der Waals surface area contributed by atoms with Crippen molar-refractivity contribution in [3.63, 3.8) is 0 Å². The van der Waals surface area contributed by atoms with Crippen LogP contribution in [0.4, 0.5) is 0 Å². The van der Waals surface area contributed by atoms with Gasteiger partial charge in [0, 0.05) is 16.7 Å². The fourth-order valence-corrected chi connectivity index (χ4v) is 2.40. The van der Waals surface area contributed by atoms with Crippen molar-refractivity contribution in [2.75, 3.05) is 12.9 Å². The highest BCUT2D eigenvalue weighted by atomic mass is 32.2. The van der Waals surface area contributed by atoms with Gasteiger partial charge in [0.1, 0.15) is 0 Å². The minimum absolute atomic E-state index is 0.0807. The zero-order chi connectivity index (χ0) is 11.3. The smallest absolute Gasteiger partial charge is 0.0572 e. The molecule has 0 amide bonds. The van der Waals surface area contributed by atoms with Gasteiger partial charge < -0.3 is 4.84 Å². The number of benzene rings is 1. The van der Waals surface area contributed by atoms with Crippen molar-refractivity contribution in [1.82, 2.24) is 5.48 Å². The molecule has 0 fully saturated rings. The topological polar surface area (TPSA) is 38.3 Å². The highest BCUT2D eigenvalue weighted by molar-refractivity contribution is 7.85. The summed E-state index contributed by atoms with van der Waals surface area (Å²) in [5.74, 6) is 0.552. The molecule has 0 bridgehead atoms. The van der Waals surface area contributed by atoms with E-state index in [4.69, 9.17) is 4.84 Å². The van der Waals surface area contributed by atoms with Gasteiger partial charge in [-0.15, -0.1) is 0 Å². The Bertz CT molecular complexity index is 324. The SMILES string of the molecule is CON[C@@H](C)C[S@@](=O)c1ccc(C)cc1. The largest absolute Gasteiger partial charge is 0.305 e. The van der Waals surface area contributed by atoms with E-state index in [1.54, 1.807) is 7.11 Å². The Labute approximate surface area is 93.2 Å². The molecule has 0 aliphatic carbocycles. The summed E-state index contributed by atoms with van der Waals surface area (Å²) in [5.41, 5.74) is 3.94. The van der Waals surface area contributed by atoms with Crippen LogP contribution in [0, 0.1) is 6.92 Å². The lowest BCUT2D eigenvalue weighted by Crippen LogP contribution is -2.30. The van der Waals surface area contributed by atoms with Crippen LogP contribution in [0.5, 0.6) is 0 Å². The molecule has 15 heavy (non-hydrogen) atoms. The maximum absolute atomic E-state index is 11.9. The van der Waals surface area contributed by atoms with E-state index in [0.717, 1.165) is 4.90 Å². The van der Waals surface area contributed by atoms with E-state index >= 15 is 0 Å². The summed E-state index contributed by atoms with van der Waals surface area (Å²) < 4.78 is 11.9. The molecule has 3 nitrogen and oxygen atoms in total. The zero-order valence-electron chi connectivity index (χ0n) is 9.32. The van der Waals surface area contributed by atoms with Crippen molar-refractivity contribution in [3.8, 4) is 0 Å². The quantitative estimate of drug-likeness (QED) is 0.777. The first kappa shape index (κ1) is 12.4. The van der Waals surface area contributed by atoms with Crippen LogP contribution in [0.15, 0.2) is 29.2 Å². The number of aryl methyl sites for hydroxylation is 1. The molecule has 0 heterocycles. The van der Waals surface area contributed by atoms with E-state index in [-0.39, 0.29) is 6.04 Å². The summed E-state index contributed by atoms with van der Waals surface area (Å²) in [6.07, 6.45) is 0. The molecule has 1 N–H and O–H groups in total. The summed E-state index contributed by atoms with van der Waals surface area (Å²) in [6.45, 7) is 3.96. The van der Waals surface area contributed by atoms with Gasteiger partial charge in [-0.2, -0.15) is 5.48 Å². The standard InChI is InChI=1S/C11H17NO2S/c1-9-4-6-11(7-5-9)15(13)8-10(2)12-14-3/h4-7,10,12H,8H2,1-3H3/t10-,15+/m0/s1. The molecule has 0 saturated carbocycles. The Morgan fingerprint density at radius 3 is 2.53 bits per heavy atom. The molecular formula is C11H17NO2S. The molecule has 1 rings (SSSR count). The van der Waals surface area contributed by atoms with Gasteiger partial charge in [-0.05, 0) is 26.0 Å². The number of hydrogen-bond acceptors (Lipinski definition) is 3. The fraction of sp³-hybridized carbons (Fsp3) is 0.455. The van der Waals surface area contributed by atoms with Crippen molar-refractivity contribution in [2.24, 2.45) is 0 Å². The van der Waals surface area contributed by atoms with Gasteiger partial charge in [-0.25, -0.2) is 0 Å². The first-order valence-electron chi connectivity index (χ1n) is 4.87. The number of rotatable bonds is 5. The third kappa shape index (κ3) is 4.11. The molecule has 84 valence electrons. The Hall–Kier alpha value is -0.710. The second-order valence-corrected chi connectivity index (χ2v) is 5.04.